The maximum atomic E-state index is 12.5. The van der Waals surface area contributed by atoms with Crippen LogP contribution in [0.2, 0.25) is 0 Å². The lowest BCUT2D eigenvalue weighted by atomic mass is 10.1. The molecule has 150 valence electrons. The van der Waals surface area contributed by atoms with Crippen LogP contribution >= 0.6 is 11.8 Å². The predicted molar refractivity (Wildman–Crippen MR) is 110 cm³/mol. The Kier molecular flexibility index (Phi) is 5.30. The van der Waals surface area contributed by atoms with E-state index in [-0.39, 0.29) is 18.0 Å². The van der Waals surface area contributed by atoms with E-state index in [4.69, 9.17) is 15.3 Å². The van der Waals surface area contributed by atoms with Crippen LogP contribution < -0.4 is 20.6 Å². The van der Waals surface area contributed by atoms with Crippen LogP contribution in [0.1, 0.15) is 18.1 Å². The number of hydrogen-bond acceptors (Lipinski definition) is 7. The molecule has 0 saturated carbocycles. The number of rotatable bonds is 6. The SMILES string of the molecule is Cc1ccc(-c2nnc(SC(C)C(=O)NCc3ccc4c(c3)OCO4)n2N)cc1. The van der Waals surface area contributed by atoms with E-state index in [9.17, 15) is 4.79 Å². The maximum absolute atomic E-state index is 12.5. The van der Waals surface area contributed by atoms with E-state index in [1.54, 1.807) is 6.92 Å². The third-order valence-corrected chi connectivity index (χ3v) is 5.59. The summed E-state index contributed by atoms with van der Waals surface area (Å²) in [7, 11) is 0. The minimum Gasteiger partial charge on any atom is -0.454 e. The zero-order chi connectivity index (χ0) is 20.4. The molecular weight excluding hydrogens is 390 g/mol. The number of carbonyl (C=O) groups excluding carboxylic acids is 1. The highest BCUT2D eigenvalue weighted by Crippen LogP contribution is 2.32. The summed E-state index contributed by atoms with van der Waals surface area (Å²) < 4.78 is 12.1. The number of benzene rings is 2. The molecular formula is C20H21N5O3S. The number of fused-ring (bicyclic) bond motifs is 1. The molecule has 2 heterocycles. The van der Waals surface area contributed by atoms with Crippen LogP contribution in [-0.2, 0) is 11.3 Å². The first kappa shape index (κ1) is 19.1. The second-order valence-electron chi connectivity index (χ2n) is 6.71. The Bertz CT molecular complexity index is 1040. The Morgan fingerprint density at radius 1 is 1.21 bits per heavy atom. The molecule has 1 aliphatic heterocycles. The van der Waals surface area contributed by atoms with Gasteiger partial charge >= 0.3 is 0 Å². The zero-order valence-electron chi connectivity index (χ0n) is 16.1. The van der Waals surface area contributed by atoms with Crippen molar-refractivity contribution < 1.29 is 14.3 Å². The van der Waals surface area contributed by atoms with Gasteiger partial charge in [-0.25, -0.2) is 4.68 Å². The second kappa shape index (κ2) is 8.04. The first-order valence-corrected chi connectivity index (χ1v) is 9.99. The molecule has 9 heteroatoms. The molecule has 1 amide bonds. The number of nitrogens with one attached hydrogen (secondary N) is 1. The first-order valence-electron chi connectivity index (χ1n) is 9.11. The molecule has 0 radical (unpaired) electrons. The molecule has 0 fully saturated rings. The van der Waals surface area contributed by atoms with Crippen molar-refractivity contribution in [2.45, 2.75) is 30.8 Å². The summed E-state index contributed by atoms with van der Waals surface area (Å²) in [5, 5.41) is 11.3. The molecule has 1 atom stereocenters. The van der Waals surface area contributed by atoms with Crippen molar-refractivity contribution in [1.82, 2.24) is 20.2 Å². The molecule has 1 unspecified atom stereocenters. The van der Waals surface area contributed by atoms with Gasteiger partial charge in [-0.05, 0) is 31.5 Å². The van der Waals surface area contributed by atoms with Gasteiger partial charge in [0.2, 0.25) is 17.9 Å². The fraction of sp³-hybridized carbons (Fsp3) is 0.250. The Morgan fingerprint density at radius 2 is 1.97 bits per heavy atom. The molecule has 1 aromatic heterocycles. The highest BCUT2D eigenvalue weighted by molar-refractivity contribution is 8.00. The van der Waals surface area contributed by atoms with Gasteiger partial charge in [0.05, 0.1) is 5.25 Å². The van der Waals surface area contributed by atoms with Crippen molar-refractivity contribution in [3.8, 4) is 22.9 Å². The molecule has 0 aliphatic carbocycles. The van der Waals surface area contributed by atoms with Crippen LogP contribution in [0.3, 0.4) is 0 Å². The normalized spacial score (nSPS) is 13.3. The van der Waals surface area contributed by atoms with Crippen LogP contribution in [0.25, 0.3) is 11.4 Å². The summed E-state index contributed by atoms with van der Waals surface area (Å²) in [6, 6.07) is 13.5. The van der Waals surface area contributed by atoms with Crippen LogP contribution in [0.4, 0.5) is 0 Å². The molecule has 8 nitrogen and oxygen atoms in total. The van der Waals surface area contributed by atoms with Gasteiger partial charge in [0.1, 0.15) is 0 Å². The largest absolute Gasteiger partial charge is 0.454 e. The molecule has 4 rings (SSSR count). The number of thioether (sulfide) groups is 1. The van der Waals surface area contributed by atoms with E-state index < -0.39 is 0 Å². The molecule has 0 bridgehead atoms. The average molecular weight is 411 g/mol. The molecule has 1 aliphatic rings. The van der Waals surface area contributed by atoms with Gasteiger partial charge in [-0.2, -0.15) is 0 Å². The molecule has 3 aromatic rings. The van der Waals surface area contributed by atoms with Crippen molar-refractivity contribution in [3.63, 3.8) is 0 Å². The first-order chi connectivity index (χ1) is 14.0. The van der Waals surface area contributed by atoms with Gasteiger partial charge in [-0.15, -0.1) is 10.2 Å². The lowest BCUT2D eigenvalue weighted by molar-refractivity contribution is -0.120. The highest BCUT2D eigenvalue weighted by atomic mass is 32.2. The van der Waals surface area contributed by atoms with Gasteiger partial charge in [-0.1, -0.05) is 47.7 Å². The Morgan fingerprint density at radius 3 is 2.76 bits per heavy atom. The zero-order valence-corrected chi connectivity index (χ0v) is 16.9. The van der Waals surface area contributed by atoms with Gasteiger partial charge < -0.3 is 20.6 Å². The Balaban J connectivity index is 1.37. The quantitative estimate of drug-likeness (QED) is 0.474. The van der Waals surface area contributed by atoms with E-state index in [0.717, 1.165) is 22.4 Å². The van der Waals surface area contributed by atoms with E-state index in [1.807, 2.05) is 49.4 Å². The number of carbonyl (C=O) groups is 1. The third-order valence-electron chi connectivity index (χ3n) is 4.53. The maximum Gasteiger partial charge on any atom is 0.233 e. The number of aromatic nitrogens is 3. The van der Waals surface area contributed by atoms with E-state index in [0.29, 0.717) is 23.3 Å². The lowest BCUT2D eigenvalue weighted by Crippen LogP contribution is -2.30. The number of nitrogens with zero attached hydrogens (tertiary/aromatic N) is 3. The number of nitrogens with two attached hydrogens (primary N) is 1. The van der Waals surface area contributed by atoms with Crippen molar-refractivity contribution >= 4 is 17.7 Å². The molecule has 29 heavy (non-hydrogen) atoms. The van der Waals surface area contributed by atoms with Crippen molar-refractivity contribution in [2.75, 3.05) is 12.6 Å². The van der Waals surface area contributed by atoms with Crippen LogP contribution in [0.5, 0.6) is 11.5 Å². The van der Waals surface area contributed by atoms with E-state index >= 15 is 0 Å². The fourth-order valence-electron chi connectivity index (χ4n) is 2.85. The van der Waals surface area contributed by atoms with Crippen LogP contribution in [0, 0.1) is 6.92 Å². The van der Waals surface area contributed by atoms with Crippen LogP contribution in [-0.4, -0.2) is 32.8 Å². The summed E-state index contributed by atoms with van der Waals surface area (Å²) in [5.41, 5.74) is 2.96. The smallest absolute Gasteiger partial charge is 0.233 e. The van der Waals surface area contributed by atoms with Gasteiger partial charge in [0, 0.05) is 12.1 Å². The summed E-state index contributed by atoms with van der Waals surface area (Å²) in [6.07, 6.45) is 0. The predicted octanol–water partition coefficient (Wildman–Crippen LogP) is 2.49. The Labute approximate surface area is 172 Å². The fourth-order valence-corrected chi connectivity index (χ4v) is 3.65. The van der Waals surface area contributed by atoms with Gasteiger partial charge in [0.15, 0.2) is 17.3 Å². The number of ether oxygens (including phenoxy) is 2. The van der Waals surface area contributed by atoms with Gasteiger partial charge in [0.25, 0.3) is 0 Å². The monoisotopic (exact) mass is 411 g/mol. The van der Waals surface area contributed by atoms with Crippen molar-refractivity contribution in [2.24, 2.45) is 0 Å². The highest BCUT2D eigenvalue weighted by Gasteiger charge is 2.20. The molecule has 0 saturated heterocycles. The molecule has 2 aromatic carbocycles. The van der Waals surface area contributed by atoms with E-state index in [2.05, 4.69) is 15.5 Å². The summed E-state index contributed by atoms with van der Waals surface area (Å²) in [4.78, 5) is 12.5. The third kappa shape index (κ3) is 4.14. The Hall–Kier alpha value is -3.20. The lowest BCUT2D eigenvalue weighted by Gasteiger charge is -2.12. The topological polar surface area (TPSA) is 104 Å². The number of amides is 1. The molecule has 0 spiro atoms. The van der Waals surface area contributed by atoms with Crippen LogP contribution in [0.15, 0.2) is 47.6 Å². The van der Waals surface area contributed by atoms with Gasteiger partial charge in [-0.3, -0.25) is 4.79 Å². The summed E-state index contributed by atoms with van der Waals surface area (Å²) in [5.74, 6) is 8.00. The minimum atomic E-state index is -0.388. The number of aryl methyl sites for hydroxylation is 1. The standard InChI is InChI=1S/C20H21N5O3S/c1-12-3-6-15(7-4-12)18-23-24-20(25(18)21)29-13(2)19(26)22-10-14-5-8-16-17(9-14)28-11-27-16/h3-9,13H,10-11,21H2,1-2H3,(H,22,26). The molecule has 3 N–H and O–H groups in total. The second-order valence-corrected chi connectivity index (χ2v) is 8.02. The van der Waals surface area contributed by atoms with E-state index in [1.165, 1.54) is 16.4 Å². The minimum absolute atomic E-state index is 0.118. The summed E-state index contributed by atoms with van der Waals surface area (Å²) >= 11 is 1.26. The van der Waals surface area contributed by atoms with Crippen molar-refractivity contribution in [3.05, 3.63) is 53.6 Å². The number of nitrogen functional groups attached to an aromatic ring is 1. The van der Waals surface area contributed by atoms with Crippen molar-refractivity contribution in [1.29, 1.82) is 0 Å². The summed E-state index contributed by atoms with van der Waals surface area (Å²) in [6.45, 7) is 4.44. The average Bonchev–Trinajstić information content (AvgIpc) is 3.33. The number of hydrogen-bond donors (Lipinski definition) is 2.